The maximum atomic E-state index is 13.5. The van der Waals surface area contributed by atoms with Crippen molar-refractivity contribution in [2.45, 2.75) is 89.7 Å². The van der Waals surface area contributed by atoms with E-state index in [0.29, 0.717) is 38.4 Å². The molecule has 0 bridgehead atoms. The first-order chi connectivity index (χ1) is 27.1. The van der Waals surface area contributed by atoms with Crippen molar-refractivity contribution in [3.05, 3.63) is 144 Å². The third-order valence-electron chi connectivity index (χ3n) is 10.2. The summed E-state index contributed by atoms with van der Waals surface area (Å²) in [5, 5.41) is 12.1. The molecule has 0 aromatic heterocycles. The Hall–Kier alpha value is -4.55. The summed E-state index contributed by atoms with van der Waals surface area (Å²) in [6.07, 6.45) is 0.648. The van der Waals surface area contributed by atoms with E-state index in [2.05, 4.69) is 0 Å². The van der Waals surface area contributed by atoms with Crippen LogP contribution in [0.1, 0.15) is 60.7 Å². The third-order valence-corrected chi connectivity index (χ3v) is 10.2. The van der Waals surface area contributed by atoms with Gasteiger partial charge < -0.3 is 43.0 Å². The first kappa shape index (κ1) is 42.6. The predicted molar refractivity (Wildman–Crippen MR) is 213 cm³/mol. The number of aliphatic hydroxyl groups excluding tert-OH is 1. The summed E-state index contributed by atoms with van der Waals surface area (Å²) in [5.74, 6) is -0.640. The minimum atomic E-state index is -1.63. The molecule has 300 valence electrons. The normalized spacial score (nSPS) is 21.0. The third kappa shape index (κ3) is 11.3. The predicted octanol–water partition coefficient (Wildman–Crippen LogP) is 8.10. The largest absolute Gasteiger partial charge is 0.497 e. The number of esters is 1. The first-order valence-electron chi connectivity index (χ1n) is 19.0. The van der Waals surface area contributed by atoms with Crippen LogP contribution < -0.4 is 9.47 Å². The van der Waals surface area contributed by atoms with Crippen LogP contribution in [-0.2, 0) is 48.2 Å². The van der Waals surface area contributed by atoms with E-state index in [4.69, 9.17) is 37.9 Å². The van der Waals surface area contributed by atoms with Crippen molar-refractivity contribution in [3.63, 3.8) is 0 Å². The second-order valence-electron chi connectivity index (χ2n) is 14.5. The fraction of sp³-hybridized carbons (Fsp3) is 0.413. The van der Waals surface area contributed by atoms with Gasteiger partial charge in [-0.1, -0.05) is 98.8 Å². The van der Waals surface area contributed by atoms with Crippen LogP contribution in [0.4, 0.5) is 0 Å². The molecule has 1 N–H and O–H groups in total. The summed E-state index contributed by atoms with van der Waals surface area (Å²) >= 11 is 0. The zero-order chi connectivity index (χ0) is 40.0. The summed E-state index contributed by atoms with van der Waals surface area (Å²) in [6, 6.07) is 34.1. The van der Waals surface area contributed by atoms with E-state index in [9.17, 15) is 9.90 Å². The minimum Gasteiger partial charge on any atom is -0.497 e. The lowest BCUT2D eigenvalue weighted by Crippen LogP contribution is -2.66. The van der Waals surface area contributed by atoms with Crippen LogP contribution in [0, 0.1) is 5.41 Å². The van der Waals surface area contributed by atoms with Crippen molar-refractivity contribution in [3.8, 4) is 11.5 Å². The maximum Gasteiger partial charge on any atom is 0.338 e. The van der Waals surface area contributed by atoms with Gasteiger partial charge in [0.15, 0.2) is 0 Å². The fourth-order valence-corrected chi connectivity index (χ4v) is 6.91. The molecule has 4 aromatic rings. The molecular formula is C46H56O10. The van der Waals surface area contributed by atoms with Gasteiger partial charge in [-0.2, -0.15) is 0 Å². The van der Waals surface area contributed by atoms with Crippen molar-refractivity contribution in [1.29, 1.82) is 0 Å². The Morgan fingerprint density at radius 3 is 1.95 bits per heavy atom. The van der Waals surface area contributed by atoms with Gasteiger partial charge in [0.25, 0.3) is 0 Å². The maximum absolute atomic E-state index is 13.5. The zero-order valence-corrected chi connectivity index (χ0v) is 33.3. The Kier molecular flexibility index (Phi) is 15.6. The quantitative estimate of drug-likeness (QED) is 0.0538. The molecule has 0 amide bonds. The average Bonchev–Trinajstić information content (AvgIpc) is 3.23. The molecule has 1 heterocycles. The highest BCUT2D eigenvalue weighted by atomic mass is 16.7. The topological polar surface area (TPSA) is 111 Å². The number of methoxy groups -OCH3 is 3. The van der Waals surface area contributed by atoms with Gasteiger partial charge in [-0.15, -0.1) is 0 Å². The van der Waals surface area contributed by atoms with Gasteiger partial charge in [-0.05, 0) is 60.0 Å². The summed E-state index contributed by atoms with van der Waals surface area (Å²) in [7, 11) is 4.77. The molecule has 56 heavy (non-hydrogen) atoms. The first-order valence-corrected chi connectivity index (χ1v) is 19.0. The average molecular weight is 769 g/mol. The molecule has 0 radical (unpaired) electrons. The van der Waals surface area contributed by atoms with Gasteiger partial charge in [0.2, 0.25) is 5.79 Å². The monoisotopic (exact) mass is 768 g/mol. The van der Waals surface area contributed by atoms with E-state index in [1.54, 1.807) is 38.5 Å². The molecule has 4 aromatic carbocycles. The van der Waals surface area contributed by atoms with E-state index in [1.165, 1.54) is 7.11 Å². The zero-order valence-electron chi connectivity index (χ0n) is 33.3. The van der Waals surface area contributed by atoms with Gasteiger partial charge in [0.1, 0.15) is 23.7 Å². The van der Waals surface area contributed by atoms with Crippen molar-refractivity contribution in [2.24, 2.45) is 5.41 Å². The number of rotatable bonds is 20. The smallest absolute Gasteiger partial charge is 0.338 e. The second-order valence-corrected chi connectivity index (χ2v) is 14.5. The van der Waals surface area contributed by atoms with Gasteiger partial charge >= 0.3 is 5.97 Å². The van der Waals surface area contributed by atoms with E-state index in [-0.39, 0.29) is 12.5 Å². The van der Waals surface area contributed by atoms with Gasteiger partial charge in [-0.25, -0.2) is 4.79 Å². The second kappa shape index (κ2) is 20.6. The molecule has 0 saturated carbocycles. The number of hydrogen-bond acceptors (Lipinski definition) is 10. The van der Waals surface area contributed by atoms with Crippen molar-refractivity contribution < 1.29 is 47.8 Å². The van der Waals surface area contributed by atoms with Crippen LogP contribution in [0.3, 0.4) is 0 Å². The number of hydrogen-bond donors (Lipinski definition) is 1. The molecule has 1 saturated heterocycles. The molecule has 5 rings (SSSR count). The summed E-state index contributed by atoms with van der Waals surface area (Å²) in [6.45, 7) is 7.24. The molecule has 0 aliphatic carbocycles. The summed E-state index contributed by atoms with van der Waals surface area (Å²) in [4.78, 5) is 13.5. The van der Waals surface area contributed by atoms with Crippen LogP contribution in [0.25, 0.3) is 0 Å². The van der Waals surface area contributed by atoms with Crippen LogP contribution in [-0.4, -0.2) is 75.3 Å². The Balaban J connectivity index is 1.38. The Labute approximate surface area is 331 Å². The van der Waals surface area contributed by atoms with E-state index in [0.717, 1.165) is 28.2 Å². The van der Waals surface area contributed by atoms with Crippen LogP contribution in [0.2, 0.25) is 0 Å². The van der Waals surface area contributed by atoms with Gasteiger partial charge in [-0.3, -0.25) is 0 Å². The summed E-state index contributed by atoms with van der Waals surface area (Å²) in [5.41, 5.74) is 2.46. The van der Waals surface area contributed by atoms with Gasteiger partial charge in [0, 0.05) is 25.4 Å². The van der Waals surface area contributed by atoms with Crippen LogP contribution >= 0.6 is 0 Å². The highest BCUT2D eigenvalue weighted by molar-refractivity contribution is 5.89. The van der Waals surface area contributed by atoms with Crippen molar-refractivity contribution >= 4 is 5.97 Å². The number of carbonyl (C=O) groups is 1. The lowest BCUT2D eigenvalue weighted by molar-refractivity contribution is -0.366. The van der Waals surface area contributed by atoms with Gasteiger partial charge in [0.05, 0.1) is 64.5 Å². The highest BCUT2D eigenvalue weighted by Crippen LogP contribution is 2.46. The van der Waals surface area contributed by atoms with Crippen LogP contribution in [0.15, 0.2) is 121 Å². The number of aliphatic hydroxyl groups is 1. The summed E-state index contributed by atoms with van der Waals surface area (Å²) < 4.78 is 48.7. The molecule has 1 fully saturated rings. The lowest BCUT2D eigenvalue weighted by Gasteiger charge is -2.53. The van der Waals surface area contributed by atoms with E-state index >= 15 is 0 Å². The molecule has 1 aliphatic heterocycles. The van der Waals surface area contributed by atoms with E-state index in [1.807, 2.05) is 118 Å². The molecule has 6 atom stereocenters. The molecular weight excluding hydrogens is 712 g/mol. The number of carbonyl (C=O) groups excluding carboxylic acids is 1. The molecule has 0 unspecified atom stereocenters. The van der Waals surface area contributed by atoms with Crippen molar-refractivity contribution in [2.75, 3.05) is 27.9 Å². The molecule has 1 aliphatic rings. The molecule has 0 spiro atoms. The minimum absolute atomic E-state index is 0.198. The van der Waals surface area contributed by atoms with Crippen LogP contribution in [0.5, 0.6) is 11.5 Å². The van der Waals surface area contributed by atoms with E-state index < -0.39 is 41.6 Å². The Morgan fingerprint density at radius 2 is 1.36 bits per heavy atom. The standard InChI is InChI=1S/C46H56O10/c1-33(53-31-34-14-9-7-10-15-34)41(54-32-36-20-24-39(50-5)25-21-36)28-40-29-42(55-44(48)37-16-11-8-12-17-37)43(47)46(51-6,56-40)45(2,3)26-13-27-52-30-35-18-22-38(49-4)23-19-35/h7-26,33,40-43,47H,27-32H2,1-6H3/b26-13+/t33-,40-,41-,42+,43+,46-/m1/s1. The number of ether oxygens (including phenoxy) is 8. The Morgan fingerprint density at radius 1 is 0.804 bits per heavy atom. The fourth-order valence-electron chi connectivity index (χ4n) is 6.91. The van der Waals surface area contributed by atoms with Crippen molar-refractivity contribution in [1.82, 2.24) is 0 Å². The lowest BCUT2D eigenvalue weighted by atomic mass is 9.75. The number of benzene rings is 4. The molecule has 10 heteroatoms. The SMILES string of the molecule is COc1ccc(COC/C=C/C(C)(C)[C@]2(OC)O[C@H](C[C@@H](OCc3ccc(OC)cc3)[C@@H](C)OCc3ccccc3)C[C@H](OC(=O)c3ccccc3)[C@@H]2O)cc1. The molecule has 10 nitrogen and oxygen atoms in total. The highest BCUT2D eigenvalue weighted by Gasteiger charge is 2.59. The Bertz CT molecular complexity index is 1780.